The maximum absolute atomic E-state index is 13.4. The van der Waals surface area contributed by atoms with E-state index >= 15 is 0 Å². The number of nitrogens with two attached hydrogens (primary N) is 1. The highest BCUT2D eigenvalue weighted by atomic mass is 35.5. The summed E-state index contributed by atoms with van der Waals surface area (Å²) < 4.78 is 31.0. The number of halogens is 3. The molecule has 0 amide bonds. The molecular weight excluding hydrogens is 248 g/mol. The number of furan rings is 1. The van der Waals surface area contributed by atoms with E-state index in [-0.39, 0.29) is 11.6 Å². The fourth-order valence-electron chi connectivity index (χ4n) is 1.60. The molecule has 2 aromatic rings. The van der Waals surface area contributed by atoms with Gasteiger partial charge in [-0.3, -0.25) is 0 Å². The lowest BCUT2D eigenvalue weighted by Gasteiger charge is -2.10. The number of hydrogen-bond acceptors (Lipinski definition) is 2. The van der Waals surface area contributed by atoms with Crippen LogP contribution in [0.2, 0.25) is 5.22 Å². The van der Waals surface area contributed by atoms with Gasteiger partial charge in [0.25, 0.3) is 0 Å². The van der Waals surface area contributed by atoms with Crippen LogP contribution in [0.3, 0.4) is 0 Å². The van der Waals surface area contributed by atoms with Crippen LogP contribution < -0.4 is 5.73 Å². The summed E-state index contributed by atoms with van der Waals surface area (Å²) in [5, 5.41) is 0.194. The molecule has 0 saturated heterocycles. The van der Waals surface area contributed by atoms with E-state index in [4.69, 9.17) is 21.8 Å². The average molecular weight is 258 g/mol. The van der Waals surface area contributed by atoms with Crippen LogP contribution in [0.15, 0.2) is 34.9 Å². The summed E-state index contributed by atoms with van der Waals surface area (Å²) in [6.07, 6.45) is 1.64. The van der Waals surface area contributed by atoms with Gasteiger partial charge < -0.3 is 10.2 Å². The van der Waals surface area contributed by atoms with Crippen molar-refractivity contribution >= 4 is 11.6 Å². The normalized spacial score (nSPS) is 12.7. The zero-order chi connectivity index (χ0) is 12.4. The summed E-state index contributed by atoms with van der Waals surface area (Å²) in [7, 11) is 0. The highest BCUT2D eigenvalue weighted by Gasteiger charge is 2.15. The molecule has 0 aliphatic carbocycles. The fourth-order valence-corrected chi connectivity index (χ4v) is 1.86. The lowest BCUT2D eigenvalue weighted by atomic mass is 10.0. The van der Waals surface area contributed by atoms with E-state index in [0.29, 0.717) is 11.1 Å². The average Bonchev–Trinajstić information content (AvgIpc) is 2.68. The van der Waals surface area contributed by atoms with Gasteiger partial charge in [-0.05, 0) is 35.7 Å². The summed E-state index contributed by atoms with van der Waals surface area (Å²) in [6, 6.07) is 4.55. The summed E-state index contributed by atoms with van der Waals surface area (Å²) in [6.45, 7) is 0. The third-order valence-corrected chi connectivity index (χ3v) is 2.81. The van der Waals surface area contributed by atoms with Crippen LogP contribution in [0.25, 0.3) is 0 Å². The number of rotatable bonds is 3. The first-order valence-electron chi connectivity index (χ1n) is 5.00. The van der Waals surface area contributed by atoms with Crippen molar-refractivity contribution in [3.8, 4) is 0 Å². The molecule has 1 unspecified atom stereocenters. The second-order valence-electron chi connectivity index (χ2n) is 3.70. The molecule has 0 spiro atoms. The monoisotopic (exact) mass is 257 g/mol. The van der Waals surface area contributed by atoms with Crippen molar-refractivity contribution in [2.45, 2.75) is 12.5 Å². The molecule has 1 heterocycles. The van der Waals surface area contributed by atoms with Crippen LogP contribution in [0.5, 0.6) is 0 Å². The second kappa shape index (κ2) is 4.85. The highest BCUT2D eigenvalue weighted by molar-refractivity contribution is 6.29. The maximum atomic E-state index is 13.4. The van der Waals surface area contributed by atoms with Gasteiger partial charge in [0.05, 0.1) is 6.26 Å². The quantitative estimate of drug-likeness (QED) is 0.915. The summed E-state index contributed by atoms with van der Waals surface area (Å²) in [5.74, 6) is -1.22. The van der Waals surface area contributed by atoms with E-state index < -0.39 is 17.7 Å². The molecule has 1 atom stereocenters. The van der Waals surface area contributed by atoms with Crippen LogP contribution in [0, 0.1) is 11.6 Å². The standard InChI is InChI=1S/C12H10ClF2NO/c13-12-9(3-4-17-12)11(16)5-7-1-2-8(14)6-10(7)15/h1-4,6,11H,5,16H2. The molecule has 2 N–H and O–H groups in total. The van der Waals surface area contributed by atoms with Crippen molar-refractivity contribution in [2.24, 2.45) is 5.73 Å². The van der Waals surface area contributed by atoms with E-state index in [1.807, 2.05) is 0 Å². The lowest BCUT2D eigenvalue weighted by molar-refractivity contribution is 0.551. The van der Waals surface area contributed by atoms with E-state index in [2.05, 4.69) is 0 Å². The first kappa shape index (κ1) is 12.1. The summed E-state index contributed by atoms with van der Waals surface area (Å²) >= 11 is 5.77. The Bertz CT molecular complexity index is 527. The Kier molecular flexibility index (Phi) is 3.45. The zero-order valence-electron chi connectivity index (χ0n) is 8.79. The van der Waals surface area contributed by atoms with E-state index in [9.17, 15) is 8.78 Å². The highest BCUT2D eigenvalue weighted by Crippen LogP contribution is 2.25. The summed E-state index contributed by atoms with van der Waals surface area (Å²) in [5.41, 5.74) is 6.82. The topological polar surface area (TPSA) is 39.2 Å². The largest absolute Gasteiger partial charge is 0.453 e. The molecule has 0 radical (unpaired) electrons. The van der Waals surface area contributed by atoms with Crippen LogP contribution >= 0.6 is 11.6 Å². The predicted octanol–water partition coefficient (Wildman–Crippen LogP) is 3.45. The lowest BCUT2D eigenvalue weighted by Crippen LogP contribution is -2.13. The van der Waals surface area contributed by atoms with Crippen LogP contribution in [-0.4, -0.2) is 0 Å². The number of hydrogen-bond donors (Lipinski definition) is 1. The van der Waals surface area contributed by atoms with Gasteiger partial charge in [-0.25, -0.2) is 8.78 Å². The predicted molar refractivity (Wildman–Crippen MR) is 60.7 cm³/mol. The first-order valence-corrected chi connectivity index (χ1v) is 5.38. The minimum atomic E-state index is -0.611. The van der Waals surface area contributed by atoms with Crippen molar-refractivity contribution in [3.63, 3.8) is 0 Å². The van der Waals surface area contributed by atoms with Gasteiger partial charge in [-0.15, -0.1) is 0 Å². The van der Waals surface area contributed by atoms with Gasteiger partial charge >= 0.3 is 0 Å². The Balaban J connectivity index is 2.19. The van der Waals surface area contributed by atoms with Crippen molar-refractivity contribution in [1.29, 1.82) is 0 Å². The molecule has 0 aliphatic heterocycles. The molecule has 0 aliphatic rings. The van der Waals surface area contributed by atoms with Crippen LogP contribution in [0.4, 0.5) is 8.78 Å². The van der Waals surface area contributed by atoms with Gasteiger partial charge in [0.15, 0.2) is 5.22 Å². The van der Waals surface area contributed by atoms with Gasteiger partial charge in [0.2, 0.25) is 0 Å². The van der Waals surface area contributed by atoms with Crippen molar-refractivity contribution in [3.05, 3.63) is 58.5 Å². The van der Waals surface area contributed by atoms with Crippen LogP contribution in [-0.2, 0) is 6.42 Å². The molecule has 0 saturated carbocycles. The Morgan fingerprint density at radius 3 is 2.65 bits per heavy atom. The Hall–Kier alpha value is -1.39. The van der Waals surface area contributed by atoms with Gasteiger partial charge in [-0.2, -0.15) is 0 Å². The Morgan fingerprint density at radius 1 is 1.29 bits per heavy atom. The molecule has 1 aromatic heterocycles. The molecule has 17 heavy (non-hydrogen) atoms. The Labute approximate surface area is 102 Å². The van der Waals surface area contributed by atoms with Crippen molar-refractivity contribution in [1.82, 2.24) is 0 Å². The van der Waals surface area contributed by atoms with Gasteiger partial charge in [-0.1, -0.05) is 6.07 Å². The molecule has 5 heteroatoms. The molecule has 2 rings (SSSR count). The SMILES string of the molecule is NC(Cc1ccc(F)cc1F)c1ccoc1Cl. The molecule has 0 bridgehead atoms. The number of benzene rings is 1. The van der Waals surface area contributed by atoms with E-state index in [0.717, 1.165) is 6.07 Å². The zero-order valence-corrected chi connectivity index (χ0v) is 9.55. The third kappa shape index (κ3) is 2.65. The second-order valence-corrected chi connectivity index (χ2v) is 4.04. The Morgan fingerprint density at radius 2 is 2.06 bits per heavy atom. The summed E-state index contributed by atoms with van der Waals surface area (Å²) in [4.78, 5) is 0. The van der Waals surface area contributed by atoms with Crippen LogP contribution in [0.1, 0.15) is 17.2 Å². The van der Waals surface area contributed by atoms with E-state index in [1.54, 1.807) is 6.07 Å². The van der Waals surface area contributed by atoms with Gasteiger partial charge in [0, 0.05) is 17.7 Å². The minimum absolute atomic E-state index is 0.194. The molecule has 90 valence electrons. The first-order chi connectivity index (χ1) is 8.08. The minimum Gasteiger partial charge on any atom is -0.453 e. The molecule has 0 fully saturated rings. The molecule has 1 aromatic carbocycles. The maximum Gasteiger partial charge on any atom is 0.197 e. The van der Waals surface area contributed by atoms with E-state index in [1.165, 1.54) is 18.4 Å². The molecular formula is C12H10ClF2NO. The van der Waals surface area contributed by atoms with Crippen molar-refractivity contribution < 1.29 is 13.2 Å². The fraction of sp³-hybridized carbons (Fsp3) is 0.167. The van der Waals surface area contributed by atoms with Crippen molar-refractivity contribution in [2.75, 3.05) is 0 Å². The molecule has 2 nitrogen and oxygen atoms in total. The van der Waals surface area contributed by atoms with Gasteiger partial charge in [0.1, 0.15) is 11.6 Å². The third-order valence-electron chi connectivity index (χ3n) is 2.50. The smallest absolute Gasteiger partial charge is 0.197 e.